The first-order valence-corrected chi connectivity index (χ1v) is 8.16. The van der Waals surface area contributed by atoms with Crippen LogP contribution < -0.4 is 5.32 Å². The average Bonchev–Trinajstić information content (AvgIpc) is 2.90. The fraction of sp³-hybridized carbons (Fsp3) is 0.500. The molecular formula is C18H22F2N2O. The minimum Gasteiger partial charge on any atom is -0.382 e. The number of fused-ring (bicyclic) bond motifs is 2. The van der Waals surface area contributed by atoms with E-state index in [1.165, 1.54) is 11.6 Å². The van der Waals surface area contributed by atoms with Gasteiger partial charge in [-0.05, 0) is 48.6 Å². The van der Waals surface area contributed by atoms with Crippen molar-refractivity contribution in [3.8, 4) is 0 Å². The van der Waals surface area contributed by atoms with Crippen molar-refractivity contribution in [2.24, 2.45) is 11.8 Å². The zero-order chi connectivity index (χ0) is 16.2. The van der Waals surface area contributed by atoms with Crippen LogP contribution >= 0.6 is 0 Å². The molecule has 0 aromatic heterocycles. The highest BCUT2D eigenvalue weighted by Crippen LogP contribution is 2.64. The van der Waals surface area contributed by atoms with Crippen molar-refractivity contribution in [3.63, 3.8) is 0 Å². The van der Waals surface area contributed by atoms with Crippen molar-refractivity contribution >= 4 is 11.6 Å². The number of amides is 1. The molecule has 2 atom stereocenters. The zero-order valence-electron chi connectivity index (χ0n) is 12.9. The van der Waals surface area contributed by atoms with E-state index in [0.29, 0.717) is 25.9 Å². The van der Waals surface area contributed by atoms with Gasteiger partial charge >= 0.3 is 0 Å². The Morgan fingerprint density at radius 1 is 1.35 bits per heavy atom. The summed E-state index contributed by atoms with van der Waals surface area (Å²) in [6, 6.07) is 6.29. The molecular weight excluding hydrogens is 298 g/mol. The zero-order valence-corrected chi connectivity index (χ0v) is 12.9. The van der Waals surface area contributed by atoms with E-state index in [2.05, 4.69) is 24.0 Å². The Balaban J connectivity index is 0.00000169. The van der Waals surface area contributed by atoms with Gasteiger partial charge in [-0.2, -0.15) is 0 Å². The number of nitrogens with zero attached hydrogens (tertiary/aromatic N) is 1. The quantitative estimate of drug-likeness (QED) is 0.865. The number of hydrogen-bond donors (Lipinski definition) is 1. The number of alkyl halides is 2. The smallest absolute Gasteiger partial charge is 0.254 e. The summed E-state index contributed by atoms with van der Waals surface area (Å²) in [5.74, 6) is -3.30. The van der Waals surface area contributed by atoms with Gasteiger partial charge < -0.3 is 10.2 Å². The summed E-state index contributed by atoms with van der Waals surface area (Å²) in [4.78, 5) is 13.5. The van der Waals surface area contributed by atoms with E-state index >= 15 is 0 Å². The lowest BCUT2D eigenvalue weighted by Gasteiger charge is -2.29. The van der Waals surface area contributed by atoms with Gasteiger partial charge in [0.05, 0.1) is 0 Å². The molecule has 124 valence electrons. The summed E-state index contributed by atoms with van der Waals surface area (Å²) in [7, 11) is 0. The molecule has 2 unspecified atom stereocenters. The fourth-order valence-corrected chi connectivity index (χ4v) is 4.13. The van der Waals surface area contributed by atoms with Crippen LogP contribution in [0.5, 0.6) is 0 Å². The maximum Gasteiger partial charge on any atom is 0.254 e. The van der Waals surface area contributed by atoms with Crippen molar-refractivity contribution in [3.05, 3.63) is 42.0 Å². The van der Waals surface area contributed by atoms with Gasteiger partial charge in [0.15, 0.2) is 0 Å². The fourth-order valence-electron chi connectivity index (χ4n) is 4.13. The van der Waals surface area contributed by atoms with Crippen LogP contribution in [-0.4, -0.2) is 29.3 Å². The third-order valence-corrected chi connectivity index (χ3v) is 5.52. The van der Waals surface area contributed by atoms with E-state index < -0.39 is 17.8 Å². The third-order valence-electron chi connectivity index (χ3n) is 5.52. The summed E-state index contributed by atoms with van der Waals surface area (Å²) in [6.07, 6.45) is 3.29. The van der Waals surface area contributed by atoms with Gasteiger partial charge in [-0.25, -0.2) is 8.78 Å². The summed E-state index contributed by atoms with van der Waals surface area (Å²) < 4.78 is 26.5. The summed E-state index contributed by atoms with van der Waals surface area (Å²) >= 11 is 0. The average molecular weight is 320 g/mol. The van der Waals surface area contributed by atoms with Crippen molar-refractivity contribution in [1.29, 1.82) is 0 Å². The second kappa shape index (κ2) is 5.05. The maximum absolute atomic E-state index is 13.3. The lowest BCUT2D eigenvalue weighted by atomic mass is 9.98. The van der Waals surface area contributed by atoms with E-state index in [1.807, 2.05) is 6.07 Å². The molecule has 1 aliphatic heterocycles. The molecule has 5 heteroatoms. The number of nitrogens with one attached hydrogen (secondary N) is 1. The van der Waals surface area contributed by atoms with Crippen LogP contribution in [0.25, 0.3) is 0 Å². The maximum atomic E-state index is 13.3. The molecule has 0 bridgehead atoms. The molecule has 4 rings (SSSR count). The van der Waals surface area contributed by atoms with E-state index in [-0.39, 0.29) is 13.4 Å². The standard InChI is InChI=1S/C18H20F2N2O.H2/c1-2-17(23)22-6-5-11-3-4-13(7-12(11)10-22)21-14-8-15-16(9-14)18(15,19)20;/h2-4,7,14-16,21H,1,5-6,8-10H2;1H. The summed E-state index contributed by atoms with van der Waals surface area (Å²) in [5, 5.41) is 3.39. The van der Waals surface area contributed by atoms with Gasteiger partial charge in [-0.3, -0.25) is 4.79 Å². The highest BCUT2D eigenvalue weighted by Gasteiger charge is 2.71. The van der Waals surface area contributed by atoms with Crippen molar-refractivity contribution in [2.75, 3.05) is 11.9 Å². The molecule has 2 saturated carbocycles. The lowest BCUT2D eigenvalue weighted by Crippen LogP contribution is -2.34. The minimum atomic E-state index is -2.42. The number of halogens is 2. The second-order valence-corrected chi connectivity index (χ2v) is 6.90. The predicted molar refractivity (Wildman–Crippen MR) is 86.4 cm³/mol. The molecule has 1 N–H and O–H groups in total. The van der Waals surface area contributed by atoms with E-state index in [1.54, 1.807) is 4.90 Å². The Morgan fingerprint density at radius 3 is 2.78 bits per heavy atom. The molecule has 1 aromatic carbocycles. The van der Waals surface area contributed by atoms with Gasteiger partial charge in [0.1, 0.15) is 0 Å². The number of carbonyl (C=O) groups excluding carboxylic acids is 1. The molecule has 2 fully saturated rings. The topological polar surface area (TPSA) is 32.3 Å². The predicted octanol–water partition coefficient (Wildman–Crippen LogP) is 3.46. The monoisotopic (exact) mass is 320 g/mol. The largest absolute Gasteiger partial charge is 0.382 e. The molecule has 3 aliphatic rings. The number of hydrogen-bond acceptors (Lipinski definition) is 2. The van der Waals surface area contributed by atoms with Crippen LogP contribution in [0.1, 0.15) is 25.4 Å². The number of carbonyl (C=O) groups is 1. The van der Waals surface area contributed by atoms with Crippen LogP contribution in [-0.2, 0) is 17.8 Å². The van der Waals surface area contributed by atoms with Gasteiger partial charge in [0.2, 0.25) is 5.91 Å². The summed E-state index contributed by atoms with van der Waals surface area (Å²) in [5.41, 5.74) is 3.35. The van der Waals surface area contributed by atoms with Gasteiger partial charge in [-0.15, -0.1) is 0 Å². The highest BCUT2D eigenvalue weighted by atomic mass is 19.3. The van der Waals surface area contributed by atoms with E-state index in [9.17, 15) is 13.6 Å². The molecule has 1 aromatic rings. The van der Waals surface area contributed by atoms with Crippen LogP contribution in [0.4, 0.5) is 14.5 Å². The summed E-state index contributed by atoms with van der Waals surface area (Å²) in [6.45, 7) is 4.84. The number of anilines is 1. The molecule has 1 heterocycles. The van der Waals surface area contributed by atoms with Crippen LogP contribution in [0.2, 0.25) is 0 Å². The van der Waals surface area contributed by atoms with Crippen molar-refractivity contribution < 1.29 is 15.0 Å². The Labute approximate surface area is 135 Å². The Kier molecular flexibility index (Phi) is 3.22. The van der Waals surface area contributed by atoms with Crippen molar-refractivity contribution in [1.82, 2.24) is 4.90 Å². The Morgan fingerprint density at radius 2 is 2.09 bits per heavy atom. The first-order valence-electron chi connectivity index (χ1n) is 8.16. The van der Waals surface area contributed by atoms with Gasteiger partial charge in [0, 0.05) is 38.1 Å². The lowest BCUT2D eigenvalue weighted by molar-refractivity contribution is -0.126. The molecule has 0 spiro atoms. The Hall–Kier alpha value is -1.91. The molecule has 0 saturated heterocycles. The van der Waals surface area contributed by atoms with Crippen molar-refractivity contribution in [2.45, 2.75) is 37.8 Å². The normalized spacial score (nSPS) is 30.3. The van der Waals surface area contributed by atoms with Gasteiger partial charge in [0.25, 0.3) is 5.92 Å². The van der Waals surface area contributed by atoms with E-state index in [0.717, 1.165) is 17.7 Å². The van der Waals surface area contributed by atoms with Crippen LogP contribution in [0.3, 0.4) is 0 Å². The highest BCUT2D eigenvalue weighted by molar-refractivity contribution is 5.87. The first kappa shape index (κ1) is 14.7. The number of rotatable bonds is 3. The minimum absolute atomic E-state index is 0. The van der Waals surface area contributed by atoms with Crippen LogP contribution in [0.15, 0.2) is 30.9 Å². The first-order chi connectivity index (χ1) is 11.0. The molecule has 2 aliphatic carbocycles. The molecule has 3 nitrogen and oxygen atoms in total. The molecule has 23 heavy (non-hydrogen) atoms. The molecule has 0 radical (unpaired) electrons. The van der Waals surface area contributed by atoms with E-state index in [4.69, 9.17) is 0 Å². The Bertz CT molecular complexity index is 665. The number of benzene rings is 1. The van der Waals surface area contributed by atoms with Gasteiger partial charge in [-0.1, -0.05) is 12.6 Å². The SMILES string of the molecule is C=CC(=O)N1CCc2ccc(NC3CC4C(C3)C4(F)F)cc2C1.[HH]. The third kappa shape index (κ3) is 2.42. The second-order valence-electron chi connectivity index (χ2n) is 6.90. The molecule has 1 amide bonds. The van der Waals surface area contributed by atoms with Crippen LogP contribution in [0, 0.1) is 11.8 Å².